The van der Waals surface area contributed by atoms with Crippen LogP contribution in [0.4, 0.5) is 5.69 Å². The summed E-state index contributed by atoms with van der Waals surface area (Å²) >= 11 is 0. The van der Waals surface area contributed by atoms with Crippen molar-refractivity contribution in [3.8, 4) is 11.5 Å². The molecule has 0 spiro atoms. The average molecular weight is 207 g/mol. The number of hydrogen-bond donors (Lipinski definition) is 0. The van der Waals surface area contributed by atoms with Crippen LogP contribution >= 0.6 is 0 Å². The van der Waals surface area contributed by atoms with E-state index in [1.165, 1.54) is 14.2 Å². The van der Waals surface area contributed by atoms with Crippen LogP contribution in [-0.2, 0) is 0 Å². The molecule has 0 amide bonds. The lowest BCUT2D eigenvalue weighted by Crippen LogP contribution is -1.92. The van der Waals surface area contributed by atoms with Crippen LogP contribution in [0.3, 0.4) is 0 Å². The summed E-state index contributed by atoms with van der Waals surface area (Å²) in [5, 5.41) is 0. The molecule has 0 aliphatic carbocycles. The largest absolute Gasteiger partial charge is 0.493 e. The van der Waals surface area contributed by atoms with Crippen LogP contribution < -0.4 is 9.47 Å². The molecule has 0 radical (unpaired) electrons. The smallest absolute Gasteiger partial charge is 0.162 e. The first-order valence-electron chi connectivity index (χ1n) is 4.46. The summed E-state index contributed by atoms with van der Waals surface area (Å²) in [4.78, 5) is 14.9. The van der Waals surface area contributed by atoms with Gasteiger partial charge in [0, 0.05) is 17.8 Å². The Labute approximate surface area is 88.5 Å². The van der Waals surface area contributed by atoms with Crippen LogP contribution in [0.5, 0.6) is 11.5 Å². The highest BCUT2D eigenvalue weighted by atomic mass is 16.5. The lowest BCUT2D eigenvalue weighted by atomic mass is 10.1. The van der Waals surface area contributed by atoms with Crippen LogP contribution in [0, 0.1) is 0 Å². The van der Waals surface area contributed by atoms with Crippen molar-refractivity contribution in [2.24, 2.45) is 4.99 Å². The van der Waals surface area contributed by atoms with Crippen molar-refractivity contribution in [2.45, 2.75) is 6.92 Å². The molecule has 0 saturated heterocycles. The maximum atomic E-state index is 10.8. The van der Waals surface area contributed by atoms with Crippen molar-refractivity contribution in [3.63, 3.8) is 0 Å². The van der Waals surface area contributed by atoms with Crippen molar-refractivity contribution >= 4 is 18.2 Å². The third-order valence-corrected chi connectivity index (χ3v) is 1.93. The van der Waals surface area contributed by atoms with E-state index in [2.05, 4.69) is 4.99 Å². The van der Waals surface area contributed by atoms with Crippen molar-refractivity contribution in [3.05, 3.63) is 17.7 Å². The second-order valence-corrected chi connectivity index (χ2v) is 2.77. The van der Waals surface area contributed by atoms with Gasteiger partial charge in [-0.1, -0.05) is 0 Å². The standard InChI is InChI=1S/C11H13NO3/c1-4-12-9-6-11(15-3)10(14-2)5-8(9)7-13/h4-7H,1-3H3. The number of benzene rings is 1. The van der Waals surface area contributed by atoms with Gasteiger partial charge in [-0.3, -0.25) is 9.79 Å². The first-order valence-corrected chi connectivity index (χ1v) is 4.46. The molecule has 1 aromatic rings. The zero-order valence-electron chi connectivity index (χ0n) is 8.98. The van der Waals surface area contributed by atoms with Gasteiger partial charge < -0.3 is 9.47 Å². The molecule has 0 N–H and O–H groups in total. The minimum Gasteiger partial charge on any atom is -0.493 e. The molecule has 1 aromatic carbocycles. The fourth-order valence-corrected chi connectivity index (χ4v) is 1.23. The number of rotatable bonds is 4. The number of hydrogen-bond acceptors (Lipinski definition) is 4. The Balaban J connectivity index is 3.33. The number of aliphatic imine (C=N–C) groups is 1. The van der Waals surface area contributed by atoms with Gasteiger partial charge in [0.25, 0.3) is 0 Å². The summed E-state index contributed by atoms with van der Waals surface area (Å²) in [5.41, 5.74) is 1.05. The van der Waals surface area contributed by atoms with Crippen LogP contribution in [-0.4, -0.2) is 26.7 Å². The zero-order valence-corrected chi connectivity index (χ0v) is 8.98. The van der Waals surface area contributed by atoms with E-state index < -0.39 is 0 Å². The van der Waals surface area contributed by atoms with Gasteiger partial charge in [-0.05, 0) is 13.0 Å². The summed E-state index contributed by atoms with van der Waals surface area (Å²) in [5.74, 6) is 1.08. The molecule has 0 aliphatic rings. The van der Waals surface area contributed by atoms with E-state index in [1.54, 1.807) is 25.3 Å². The second kappa shape index (κ2) is 5.14. The highest BCUT2D eigenvalue weighted by Gasteiger charge is 2.09. The number of ether oxygens (including phenoxy) is 2. The number of aldehydes is 1. The number of nitrogens with zero attached hydrogens (tertiary/aromatic N) is 1. The molecule has 4 nitrogen and oxygen atoms in total. The molecule has 4 heteroatoms. The summed E-state index contributed by atoms with van der Waals surface area (Å²) < 4.78 is 10.2. The molecule has 1 rings (SSSR count). The molecular weight excluding hydrogens is 194 g/mol. The Hall–Kier alpha value is -1.84. The Morgan fingerprint density at radius 3 is 2.27 bits per heavy atom. The number of methoxy groups -OCH3 is 2. The lowest BCUT2D eigenvalue weighted by molar-refractivity contribution is 0.112. The Kier molecular flexibility index (Phi) is 3.85. The summed E-state index contributed by atoms with van der Waals surface area (Å²) in [6, 6.07) is 3.27. The van der Waals surface area contributed by atoms with E-state index >= 15 is 0 Å². The van der Waals surface area contributed by atoms with Crippen molar-refractivity contribution < 1.29 is 14.3 Å². The predicted molar refractivity (Wildman–Crippen MR) is 58.8 cm³/mol. The van der Waals surface area contributed by atoms with Crippen LogP contribution in [0.1, 0.15) is 17.3 Å². The van der Waals surface area contributed by atoms with Gasteiger partial charge in [-0.2, -0.15) is 0 Å². The fourth-order valence-electron chi connectivity index (χ4n) is 1.23. The van der Waals surface area contributed by atoms with Crippen LogP contribution in [0.2, 0.25) is 0 Å². The molecular formula is C11H13NO3. The molecule has 0 aromatic heterocycles. The molecule has 15 heavy (non-hydrogen) atoms. The third-order valence-electron chi connectivity index (χ3n) is 1.93. The molecule has 0 aliphatic heterocycles. The minimum absolute atomic E-state index is 0.478. The summed E-state index contributed by atoms with van der Waals surface area (Å²) in [7, 11) is 3.06. The van der Waals surface area contributed by atoms with E-state index in [9.17, 15) is 4.79 Å². The molecule has 0 unspecified atom stereocenters. The highest BCUT2D eigenvalue weighted by molar-refractivity contribution is 5.86. The normalized spacial score (nSPS) is 10.3. The van der Waals surface area contributed by atoms with Crippen LogP contribution in [0.15, 0.2) is 17.1 Å². The fraction of sp³-hybridized carbons (Fsp3) is 0.273. The minimum atomic E-state index is 0.478. The number of carbonyl (C=O) groups excluding carboxylic acids is 1. The SMILES string of the molecule is CC=Nc1cc(OC)c(OC)cc1C=O. The van der Waals surface area contributed by atoms with Crippen LogP contribution in [0.25, 0.3) is 0 Å². The first kappa shape index (κ1) is 11.2. The molecule has 80 valence electrons. The van der Waals surface area contributed by atoms with E-state index in [-0.39, 0.29) is 0 Å². The molecule has 0 atom stereocenters. The van der Waals surface area contributed by atoms with Crippen molar-refractivity contribution in [1.29, 1.82) is 0 Å². The zero-order chi connectivity index (χ0) is 11.3. The van der Waals surface area contributed by atoms with Gasteiger partial charge >= 0.3 is 0 Å². The monoisotopic (exact) mass is 207 g/mol. The number of carbonyl (C=O) groups is 1. The predicted octanol–water partition coefficient (Wildman–Crippen LogP) is 2.24. The summed E-state index contributed by atoms with van der Waals surface area (Å²) in [6.07, 6.45) is 2.36. The Morgan fingerprint density at radius 1 is 1.20 bits per heavy atom. The van der Waals surface area contributed by atoms with Gasteiger partial charge in [0.05, 0.1) is 19.9 Å². The first-order chi connectivity index (χ1) is 7.26. The molecule has 0 heterocycles. The van der Waals surface area contributed by atoms with E-state index in [0.717, 1.165) is 6.29 Å². The van der Waals surface area contributed by atoms with Gasteiger partial charge in [0.1, 0.15) is 0 Å². The van der Waals surface area contributed by atoms with Gasteiger partial charge in [-0.15, -0.1) is 0 Å². The highest BCUT2D eigenvalue weighted by Crippen LogP contribution is 2.33. The van der Waals surface area contributed by atoms with Gasteiger partial charge in [0.2, 0.25) is 0 Å². The second-order valence-electron chi connectivity index (χ2n) is 2.77. The van der Waals surface area contributed by atoms with E-state index in [1.807, 2.05) is 0 Å². The molecule has 0 saturated carbocycles. The third kappa shape index (κ3) is 2.34. The maximum Gasteiger partial charge on any atom is 0.162 e. The van der Waals surface area contributed by atoms with Gasteiger partial charge in [0.15, 0.2) is 17.8 Å². The van der Waals surface area contributed by atoms with Crippen molar-refractivity contribution in [2.75, 3.05) is 14.2 Å². The maximum absolute atomic E-state index is 10.8. The average Bonchev–Trinajstić information content (AvgIpc) is 2.28. The molecule has 0 fully saturated rings. The summed E-state index contributed by atoms with van der Waals surface area (Å²) in [6.45, 7) is 1.78. The Bertz CT molecular complexity index is 386. The molecule has 0 bridgehead atoms. The van der Waals surface area contributed by atoms with E-state index in [4.69, 9.17) is 9.47 Å². The quantitative estimate of drug-likeness (QED) is 0.562. The lowest BCUT2D eigenvalue weighted by Gasteiger charge is -2.09. The van der Waals surface area contributed by atoms with Gasteiger partial charge in [-0.25, -0.2) is 0 Å². The topological polar surface area (TPSA) is 47.9 Å². The van der Waals surface area contributed by atoms with E-state index in [0.29, 0.717) is 22.7 Å². The van der Waals surface area contributed by atoms with Crippen molar-refractivity contribution in [1.82, 2.24) is 0 Å². The Morgan fingerprint density at radius 2 is 1.80 bits per heavy atom.